The molecule has 1 N–H and O–H groups in total. The molecule has 4 aromatic rings. The second-order valence-electron chi connectivity index (χ2n) is 5.85. The van der Waals surface area contributed by atoms with E-state index in [0.29, 0.717) is 38.4 Å². The number of anilines is 1. The van der Waals surface area contributed by atoms with Gasteiger partial charge in [-0.15, -0.1) is 0 Å². The highest BCUT2D eigenvalue weighted by Crippen LogP contribution is 2.28. The summed E-state index contributed by atoms with van der Waals surface area (Å²) in [6.07, 6.45) is 3.10. The maximum absolute atomic E-state index is 12.3. The highest BCUT2D eigenvalue weighted by molar-refractivity contribution is 6.42. The van der Waals surface area contributed by atoms with Crippen LogP contribution in [-0.2, 0) is 0 Å². The van der Waals surface area contributed by atoms with Crippen molar-refractivity contribution < 1.29 is 9.32 Å². The molecule has 4 rings (SSSR count). The molecule has 6 nitrogen and oxygen atoms in total. The lowest BCUT2D eigenvalue weighted by atomic mass is 10.1. The molecule has 0 spiro atoms. The summed E-state index contributed by atoms with van der Waals surface area (Å²) in [5.74, 6) is 0.670. The van der Waals surface area contributed by atoms with Crippen molar-refractivity contribution in [2.75, 3.05) is 5.32 Å². The number of nitrogens with one attached hydrogen (secondary N) is 1. The SMILES string of the molecule is Cc1oncc1C(=O)Nc1ccc2cnc(-c3ccc(Cl)c(Cl)c3)nc2c1. The lowest BCUT2D eigenvalue weighted by Crippen LogP contribution is -2.12. The van der Waals surface area contributed by atoms with Gasteiger partial charge in [-0.05, 0) is 43.3 Å². The number of aromatic nitrogens is 3. The summed E-state index contributed by atoms with van der Waals surface area (Å²) >= 11 is 12.0. The maximum atomic E-state index is 12.3. The van der Waals surface area contributed by atoms with E-state index >= 15 is 0 Å². The summed E-state index contributed by atoms with van der Waals surface area (Å²) in [4.78, 5) is 21.3. The molecule has 8 heteroatoms. The highest BCUT2D eigenvalue weighted by atomic mass is 35.5. The second-order valence-corrected chi connectivity index (χ2v) is 6.66. The Labute approximate surface area is 164 Å². The van der Waals surface area contributed by atoms with Crippen LogP contribution in [0.4, 0.5) is 5.69 Å². The number of benzene rings is 2. The van der Waals surface area contributed by atoms with Crippen LogP contribution in [-0.4, -0.2) is 21.0 Å². The van der Waals surface area contributed by atoms with Gasteiger partial charge >= 0.3 is 0 Å². The van der Waals surface area contributed by atoms with Crippen molar-refractivity contribution in [1.82, 2.24) is 15.1 Å². The molecule has 2 aromatic heterocycles. The van der Waals surface area contributed by atoms with Gasteiger partial charge in [0.2, 0.25) is 0 Å². The fourth-order valence-electron chi connectivity index (χ4n) is 2.59. The number of hydrogen-bond acceptors (Lipinski definition) is 5. The van der Waals surface area contributed by atoms with E-state index in [-0.39, 0.29) is 5.91 Å². The molecular weight excluding hydrogens is 387 g/mol. The highest BCUT2D eigenvalue weighted by Gasteiger charge is 2.13. The summed E-state index contributed by atoms with van der Waals surface area (Å²) in [7, 11) is 0. The largest absolute Gasteiger partial charge is 0.361 e. The van der Waals surface area contributed by atoms with Crippen molar-refractivity contribution >= 4 is 45.7 Å². The first-order chi connectivity index (χ1) is 13.0. The van der Waals surface area contributed by atoms with Crippen LogP contribution in [0.2, 0.25) is 10.0 Å². The van der Waals surface area contributed by atoms with Crippen molar-refractivity contribution in [3.63, 3.8) is 0 Å². The summed E-state index contributed by atoms with van der Waals surface area (Å²) in [6.45, 7) is 1.68. The number of aryl methyl sites for hydroxylation is 1. The van der Waals surface area contributed by atoms with E-state index in [0.717, 1.165) is 10.9 Å². The average Bonchev–Trinajstić information content (AvgIpc) is 3.09. The van der Waals surface area contributed by atoms with Gasteiger partial charge in [0.15, 0.2) is 5.82 Å². The summed E-state index contributed by atoms with van der Waals surface area (Å²) in [5, 5.41) is 8.18. The van der Waals surface area contributed by atoms with Crippen LogP contribution in [0.25, 0.3) is 22.3 Å². The number of hydrogen-bond donors (Lipinski definition) is 1. The van der Waals surface area contributed by atoms with Gasteiger partial charge in [-0.2, -0.15) is 0 Å². The number of halogens is 2. The molecule has 134 valence electrons. The quantitative estimate of drug-likeness (QED) is 0.515. The number of carbonyl (C=O) groups excluding carboxylic acids is 1. The minimum absolute atomic E-state index is 0.299. The van der Waals surface area contributed by atoms with Gasteiger partial charge in [-0.1, -0.05) is 28.4 Å². The Morgan fingerprint density at radius 1 is 1.07 bits per heavy atom. The van der Waals surface area contributed by atoms with E-state index < -0.39 is 0 Å². The van der Waals surface area contributed by atoms with Gasteiger partial charge in [-0.3, -0.25) is 4.79 Å². The predicted octanol–water partition coefficient (Wildman–Crippen LogP) is 5.15. The smallest absolute Gasteiger partial charge is 0.260 e. The van der Waals surface area contributed by atoms with Crippen LogP contribution in [0.15, 0.2) is 53.3 Å². The molecule has 0 unspecified atom stereocenters. The average molecular weight is 399 g/mol. The van der Waals surface area contributed by atoms with Crippen molar-refractivity contribution in [2.24, 2.45) is 0 Å². The second kappa shape index (κ2) is 6.98. The third-order valence-corrected chi connectivity index (χ3v) is 4.75. The molecule has 0 atom stereocenters. The van der Waals surface area contributed by atoms with E-state index in [4.69, 9.17) is 27.7 Å². The number of amides is 1. The molecular formula is C19H12Cl2N4O2. The van der Waals surface area contributed by atoms with E-state index in [9.17, 15) is 4.79 Å². The van der Waals surface area contributed by atoms with Gasteiger partial charge in [-0.25, -0.2) is 9.97 Å². The molecule has 0 radical (unpaired) electrons. The Balaban J connectivity index is 1.67. The number of nitrogens with zero attached hydrogens (tertiary/aromatic N) is 3. The van der Waals surface area contributed by atoms with Gasteiger partial charge in [0.05, 0.1) is 21.8 Å². The number of fused-ring (bicyclic) bond motifs is 1. The van der Waals surface area contributed by atoms with E-state index in [1.807, 2.05) is 6.07 Å². The third kappa shape index (κ3) is 3.49. The zero-order valence-corrected chi connectivity index (χ0v) is 15.5. The Kier molecular flexibility index (Phi) is 4.51. The van der Waals surface area contributed by atoms with E-state index in [1.165, 1.54) is 6.20 Å². The van der Waals surface area contributed by atoms with Crippen molar-refractivity contribution in [2.45, 2.75) is 6.92 Å². The molecule has 0 aliphatic heterocycles. The fraction of sp³-hybridized carbons (Fsp3) is 0.0526. The van der Waals surface area contributed by atoms with Crippen LogP contribution in [0.5, 0.6) is 0 Å². The molecule has 0 aliphatic carbocycles. The molecule has 0 saturated heterocycles. The standard InChI is InChI=1S/C19H12Cl2N4O2/c1-10-14(9-23-27-10)19(26)24-13-4-2-12-8-22-18(25-17(12)7-13)11-3-5-15(20)16(21)6-11/h2-9H,1H3,(H,24,26). The first kappa shape index (κ1) is 17.5. The summed E-state index contributed by atoms with van der Waals surface area (Å²) in [6, 6.07) is 10.6. The monoisotopic (exact) mass is 398 g/mol. The normalized spacial score (nSPS) is 10.9. The molecule has 0 bridgehead atoms. The van der Waals surface area contributed by atoms with Crippen LogP contribution in [0, 0.1) is 6.92 Å². The minimum atomic E-state index is -0.299. The lowest BCUT2D eigenvalue weighted by molar-refractivity contribution is 0.102. The summed E-state index contributed by atoms with van der Waals surface area (Å²) in [5.41, 5.74) is 2.42. The zero-order chi connectivity index (χ0) is 19.0. The predicted molar refractivity (Wildman–Crippen MR) is 104 cm³/mol. The molecule has 0 fully saturated rings. The first-order valence-corrected chi connectivity index (χ1v) is 8.72. The Bertz CT molecular complexity index is 1170. The molecule has 0 aliphatic rings. The van der Waals surface area contributed by atoms with Gasteiger partial charge in [0, 0.05) is 22.8 Å². The van der Waals surface area contributed by atoms with E-state index in [1.54, 1.807) is 43.5 Å². The van der Waals surface area contributed by atoms with Gasteiger partial charge < -0.3 is 9.84 Å². The Morgan fingerprint density at radius 2 is 1.93 bits per heavy atom. The summed E-state index contributed by atoms with van der Waals surface area (Å²) < 4.78 is 4.92. The molecule has 1 amide bonds. The third-order valence-electron chi connectivity index (χ3n) is 4.01. The molecule has 2 heterocycles. The Hall–Kier alpha value is -2.96. The topological polar surface area (TPSA) is 80.9 Å². The van der Waals surface area contributed by atoms with Crippen LogP contribution < -0.4 is 5.32 Å². The number of carbonyl (C=O) groups is 1. The minimum Gasteiger partial charge on any atom is -0.361 e. The van der Waals surface area contributed by atoms with E-state index in [2.05, 4.69) is 20.4 Å². The van der Waals surface area contributed by atoms with Crippen molar-refractivity contribution in [3.05, 3.63) is 70.2 Å². The van der Waals surface area contributed by atoms with Crippen LogP contribution in [0.1, 0.15) is 16.1 Å². The van der Waals surface area contributed by atoms with Crippen molar-refractivity contribution in [1.29, 1.82) is 0 Å². The zero-order valence-electron chi connectivity index (χ0n) is 14.0. The lowest BCUT2D eigenvalue weighted by Gasteiger charge is -2.07. The number of rotatable bonds is 3. The molecule has 2 aromatic carbocycles. The van der Waals surface area contributed by atoms with Crippen molar-refractivity contribution in [3.8, 4) is 11.4 Å². The first-order valence-electron chi connectivity index (χ1n) is 7.96. The van der Waals surface area contributed by atoms with Crippen LogP contribution >= 0.6 is 23.2 Å². The van der Waals surface area contributed by atoms with Crippen LogP contribution in [0.3, 0.4) is 0 Å². The van der Waals surface area contributed by atoms with Gasteiger partial charge in [0.25, 0.3) is 5.91 Å². The maximum Gasteiger partial charge on any atom is 0.260 e. The Morgan fingerprint density at radius 3 is 2.67 bits per heavy atom. The molecule has 0 saturated carbocycles. The van der Waals surface area contributed by atoms with Gasteiger partial charge in [0.1, 0.15) is 11.3 Å². The molecule has 27 heavy (non-hydrogen) atoms. The fourth-order valence-corrected chi connectivity index (χ4v) is 2.89.